The molecular weight excluding hydrogens is 248 g/mol. The second-order valence-corrected chi connectivity index (χ2v) is 5.13. The molecule has 4 heteroatoms. The number of hydrogen-bond acceptors (Lipinski definition) is 3. The number of halogens is 1. The summed E-state index contributed by atoms with van der Waals surface area (Å²) in [5.41, 5.74) is 0. The summed E-state index contributed by atoms with van der Waals surface area (Å²) < 4.78 is 5.76. The highest BCUT2D eigenvalue weighted by Gasteiger charge is 2.24. The fourth-order valence-electron chi connectivity index (χ4n) is 2.36. The number of alkyl halides is 1. The van der Waals surface area contributed by atoms with Gasteiger partial charge in [-0.25, -0.2) is 4.98 Å². The van der Waals surface area contributed by atoms with Crippen LogP contribution in [0.2, 0.25) is 0 Å². The lowest BCUT2D eigenvalue weighted by molar-refractivity contribution is 0.316. The van der Waals surface area contributed by atoms with Crippen molar-refractivity contribution in [1.29, 1.82) is 0 Å². The average Bonchev–Trinajstić information content (AvgIpc) is 2.86. The summed E-state index contributed by atoms with van der Waals surface area (Å²) in [5.74, 6) is 3.34. The quantitative estimate of drug-likeness (QED) is 0.740. The van der Waals surface area contributed by atoms with Crippen LogP contribution in [0.5, 0.6) is 5.75 Å². The zero-order chi connectivity index (χ0) is 12.8. The fourth-order valence-corrected chi connectivity index (χ4v) is 2.67. The highest BCUT2D eigenvalue weighted by molar-refractivity contribution is 6.17. The van der Waals surface area contributed by atoms with Crippen molar-refractivity contribution < 1.29 is 4.74 Å². The highest BCUT2D eigenvalue weighted by atomic mass is 35.5. The maximum atomic E-state index is 5.82. The molecule has 3 nitrogen and oxygen atoms in total. The molecule has 100 valence electrons. The molecule has 0 aromatic carbocycles. The van der Waals surface area contributed by atoms with Gasteiger partial charge in [0.15, 0.2) is 11.6 Å². The molecule has 1 aromatic rings. The molecule has 1 aromatic heterocycles. The van der Waals surface area contributed by atoms with Crippen molar-refractivity contribution in [3.8, 4) is 5.75 Å². The predicted octanol–water partition coefficient (Wildman–Crippen LogP) is 3.33. The molecule has 0 aliphatic carbocycles. The Bertz CT molecular complexity index is 373. The van der Waals surface area contributed by atoms with Crippen molar-refractivity contribution in [1.82, 2.24) is 4.98 Å². The number of hydrogen-bond donors (Lipinski definition) is 0. The molecule has 0 amide bonds. The second-order valence-electron chi connectivity index (χ2n) is 4.75. The van der Waals surface area contributed by atoms with E-state index >= 15 is 0 Å². The summed E-state index contributed by atoms with van der Waals surface area (Å²) in [7, 11) is 0. The molecule has 1 aliphatic rings. The summed E-state index contributed by atoms with van der Waals surface area (Å²) in [6.45, 7) is 4.97. The summed E-state index contributed by atoms with van der Waals surface area (Å²) >= 11 is 5.82. The van der Waals surface area contributed by atoms with Gasteiger partial charge in [-0.3, -0.25) is 0 Å². The number of pyridine rings is 1. The van der Waals surface area contributed by atoms with Gasteiger partial charge < -0.3 is 9.64 Å². The van der Waals surface area contributed by atoms with Crippen molar-refractivity contribution >= 4 is 17.4 Å². The van der Waals surface area contributed by atoms with Crippen LogP contribution in [0.25, 0.3) is 0 Å². The molecule has 1 saturated heterocycles. The van der Waals surface area contributed by atoms with Crippen LogP contribution in [0.4, 0.5) is 5.82 Å². The zero-order valence-corrected chi connectivity index (χ0v) is 11.7. The van der Waals surface area contributed by atoms with E-state index in [0.29, 0.717) is 5.92 Å². The van der Waals surface area contributed by atoms with Gasteiger partial charge in [0.1, 0.15) is 0 Å². The van der Waals surface area contributed by atoms with Crippen LogP contribution in [0.15, 0.2) is 18.3 Å². The first-order chi connectivity index (χ1) is 8.85. The van der Waals surface area contributed by atoms with Crippen molar-refractivity contribution in [3.63, 3.8) is 0 Å². The zero-order valence-electron chi connectivity index (χ0n) is 10.9. The van der Waals surface area contributed by atoms with Crippen molar-refractivity contribution in [3.05, 3.63) is 18.3 Å². The van der Waals surface area contributed by atoms with Crippen LogP contribution >= 0.6 is 11.6 Å². The number of aromatic nitrogens is 1. The van der Waals surface area contributed by atoms with Crippen molar-refractivity contribution in [2.24, 2.45) is 5.92 Å². The van der Waals surface area contributed by atoms with Gasteiger partial charge in [0.25, 0.3) is 0 Å². The van der Waals surface area contributed by atoms with Gasteiger partial charge in [-0.2, -0.15) is 0 Å². The SMILES string of the molecule is CCCOc1cccnc1N1CCC(CCCl)C1. The monoisotopic (exact) mass is 268 g/mol. The van der Waals surface area contributed by atoms with E-state index in [9.17, 15) is 0 Å². The lowest BCUT2D eigenvalue weighted by atomic mass is 10.1. The molecule has 0 bridgehead atoms. The fraction of sp³-hybridized carbons (Fsp3) is 0.643. The van der Waals surface area contributed by atoms with Gasteiger partial charge in [-0.15, -0.1) is 11.6 Å². The maximum absolute atomic E-state index is 5.82. The minimum absolute atomic E-state index is 0.698. The van der Waals surface area contributed by atoms with Crippen LogP contribution < -0.4 is 9.64 Å². The first kappa shape index (κ1) is 13.5. The molecule has 0 radical (unpaired) electrons. The molecule has 18 heavy (non-hydrogen) atoms. The minimum Gasteiger partial charge on any atom is -0.490 e. The van der Waals surface area contributed by atoms with Crippen LogP contribution in [-0.4, -0.2) is 30.6 Å². The van der Waals surface area contributed by atoms with Gasteiger partial charge in [-0.05, 0) is 37.3 Å². The minimum atomic E-state index is 0.698. The number of ether oxygens (including phenoxy) is 1. The van der Waals surface area contributed by atoms with Gasteiger partial charge in [0.2, 0.25) is 0 Å². The molecule has 1 unspecified atom stereocenters. The van der Waals surface area contributed by atoms with Crippen LogP contribution in [0, 0.1) is 5.92 Å². The smallest absolute Gasteiger partial charge is 0.171 e. The number of anilines is 1. The van der Waals surface area contributed by atoms with E-state index in [0.717, 1.165) is 50.0 Å². The third-order valence-electron chi connectivity index (χ3n) is 3.32. The summed E-state index contributed by atoms with van der Waals surface area (Å²) in [5, 5.41) is 0. The Balaban J connectivity index is 2.04. The standard InChI is InChI=1S/C14H21ClN2O/c1-2-10-18-13-4-3-8-16-14(13)17-9-6-12(11-17)5-7-15/h3-4,8,12H,2,5-7,9-11H2,1H3. The number of nitrogens with zero attached hydrogens (tertiary/aromatic N) is 2. The Hall–Kier alpha value is -0.960. The van der Waals surface area contributed by atoms with Gasteiger partial charge in [-0.1, -0.05) is 6.92 Å². The molecule has 2 heterocycles. The van der Waals surface area contributed by atoms with Gasteiger partial charge >= 0.3 is 0 Å². The average molecular weight is 269 g/mol. The molecular formula is C14H21ClN2O. The Kier molecular flexibility index (Phi) is 5.12. The van der Waals surface area contributed by atoms with Crippen LogP contribution in [0.3, 0.4) is 0 Å². The molecule has 0 spiro atoms. The van der Waals surface area contributed by atoms with E-state index in [4.69, 9.17) is 16.3 Å². The van der Waals surface area contributed by atoms with Gasteiger partial charge in [0.05, 0.1) is 6.61 Å². The van der Waals surface area contributed by atoms with E-state index in [1.54, 1.807) is 0 Å². The lowest BCUT2D eigenvalue weighted by Crippen LogP contribution is -2.21. The van der Waals surface area contributed by atoms with Crippen LogP contribution in [-0.2, 0) is 0 Å². The predicted molar refractivity (Wildman–Crippen MR) is 75.7 cm³/mol. The third kappa shape index (κ3) is 3.29. The van der Waals surface area contributed by atoms with E-state index in [1.807, 2.05) is 18.3 Å². The van der Waals surface area contributed by atoms with E-state index < -0.39 is 0 Å². The Morgan fingerprint density at radius 1 is 1.56 bits per heavy atom. The largest absolute Gasteiger partial charge is 0.490 e. The third-order valence-corrected chi connectivity index (χ3v) is 3.53. The first-order valence-electron chi connectivity index (χ1n) is 6.74. The molecule has 1 atom stereocenters. The number of rotatable bonds is 6. The molecule has 1 aliphatic heterocycles. The normalized spacial score (nSPS) is 19.2. The van der Waals surface area contributed by atoms with E-state index in [-0.39, 0.29) is 0 Å². The lowest BCUT2D eigenvalue weighted by Gasteiger charge is -2.20. The first-order valence-corrected chi connectivity index (χ1v) is 7.27. The van der Waals surface area contributed by atoms with Crippen molar-refractivity contribution in [2.45, 2.75) is 26.2 Å². The Morgan fingerprint density at radius 2 is 2.44 bits per heavy atom. The van der Waals surface area contributed by atoms with E-state index in [2.05, 4.69) is 16.8 Å². The van der Waals surface area contributed by atoms with Crippen LogP contribution in [0.1, 0.15) is 26.2 Å². The van der Waals surface area contributed by atoms with E-state index in [1.165, 1.54) is 6.42 Å². The summed E-state index contributed by atoms with van der Waals surface area (Å²) in [4.78, 5) is 6.80. The Morgan fingerprint density at radius 3 is 3.22 bits per heavy atom. The summed E-state index contributed by atoms with van der Waals surface area (Å²) in [6, 6.07) is 3.94. The molecule has 0 N–H and O–H groups in total. The molecule has 1 fully saturated rings. The molecule has 2 rings (SSSR count). The summed E-state index contributed by atoms with van der Waals surface area (Å²) in [6.07, 6.45) is 5.15. The topological polar surface area (TPSA) is 25.4 Å². The van der Waals surface area contributed by atoms with Crippen molar-refractivity contribution in [2.75, 3.05) is 30.5 Å². The maximum Gasteiger partial charge on any atom is 0.171 e. The Labute approximate surface area is 114 Å². The highest BCUT2D eigenvalue weighted by Crippen LogP contribution is 2.31. The second kappa shape index (κ2) is 6.83. The van der Waals surface area contributed by atoms with Gasteiger partial charge in [0, 0.05) is 25.2 Å². The molecule has 0 saturated carbocycles.